The Morgan fingerprint density at radius 1 is 1.00 bits per heavy atom. The Labute approximate surface area is 176 Å². The zero-order chi connectivity index (χ0) is 20.1. The van der Waals surface area contributed by atoms with E-state index in [0.717, 1.165) is 0 Å². The Hall–Kier alpha value is -2.41. The molecular weight excluding hydrogens is 417 g/mol. The van der Waals surface area contributed by atoms with E-state index in [2.05, 4.69) is 9.97 Å². The SMILES string of the molecule is CN(C(=O)CSc1ncccn1)c1ccc(Cl)cc1C(=O)c1ccccc1Cl. The number of halogens is 2. The lowest BCUT2D eigenvalue weighted by Crippen LogP contribution is -2.29. The quantitative estimate of drug-likeness (QED) is 0.319. The molecule has 0 N–H and O–H groups in total. The summed E-state index contributed by atoms with van der Waals surface area (Å²) in [4.78, 5) is 35.3. The molecule has 8 heteroatoms. The highest BCUT2D eigenvalue weighted by molar-refractivity contribution is 7.99. The highest BCUT2D eigenvalue weighted by atomic mass is 35.5. The molecule has 2 aromatic carbocycles. The molecule has 28 heavy (non-hydrogen) atoms. The molecule has 1 aromatic heterocycles. The fraction of sp³-hybridized carbons (Fsp3) is 0.100. The summed E-state index contributed by atoms with van der Waals surface area (Å²) in [5.74, 6) is -0.377. The van der Waals surface area contributed by atoms with Crippen molar-refractivity contribution < 1.29 is 9.59 Å². The Balaban J connectivity index is 1.86. The molecule has 0 aliphatic rings. The fourth-order valence-corrected chi connectivity index (χ4v) is 3.60. The van der Waals surface area contributed by atoms with Gasteiger partial charge in [0.05, 0.1) is 16.5 Å². The Morgan fingerprint density at radius 2 is 1.71 bits per heavy atom. The van der Waals surface area contributed by atoms with Crippen molar-refractivity contribution in [2.24, 2.45) is 0 Å². The van der Waals surface area contributed by atoms with Crippen molar-refractivity contribution >= 4 is 52.3 Å². The second kappa shape index (κ2) is 9.19. The molecule has 0 aliphatic carbocycles. The number of nitrogens with zero attached hydrogens (tertiary/aromatic N) is 3. The van der Waals surface area contributed by atoms with Crippen LogP contribution in [0.25, 0.3) is 0 Å². The van der Waals surface area contributed by atoms with Gasteiger partial charge in [-0.25, -0.2) is 9.97 Å². The summed E-state index contributed by atoms with van der Waals surface area (Å²) in [7, 11) is 1.61. The summed E-state index contributed by atoms with van der Waals surface area (Å²) in [6.45, 7) is 0. The molecule has 0 spiro atoms. The van der Waals surface area contributed by atoms with E-state index >= 15 is 0 Å². The largest absolute Gasteiger partial charge is 0.314 e. The number of carbonyl (C=O) groups is 2. The molecule has 0 saturated carbocycles. The van der Waals surface area contributed by atoms with E-state index in [-0.39, 0.29) is 17.4 Å². The first kappa shape index (κ1) is 20.3. The summed E-state index contributed by atoms with van der Waals surface area (Å²) < 4.78 is 0. The van der Waals surface area contributed by atoms with Crippen molar-refractivity contribution in [1.82, 2.24) is 9.97 Å². The third-order valence-electron chi connectivity index (χ3n) is 3.92. The first-order chi connectivity index (χ1) is 13.5. The van der Waals surface area contributed by atoms with E-state index < -0.39 is 0 Å². The molecule has 0 aliphatic heterocycles. The molecule has 0 bridgehead atoms. The normalized spacial score (nSPS) is 10.5. The molecule has 0 atom stereocenters. The molecule has 5 nitrogen and oxygen atoms in total. The first-order valence-electron chi connectivity index (χ1n) is 8.22. The number of aromatic nitrogens is 2. The lowest BCUT2D eigenvalue weighted by molar-refractivity contribution is -0.115. The van der Waals surface area contributed by atoms with Crippen molar-refractivity contribution in [2.45, 2.75) is 5.16 Å². The van der Waals surface area contributed by atoms with Gasteiger partial charge in [-0.05, 0) is 36.4 Å². The molecule has 3 rings (SSSR count). The van der Waals surface area contributed by atoms with Gasteiger partial charge >= 0.3 is 0 Å². The highest BCUT2D eigenvalue weighted by Gasteiger charge is 2.22. The number of amides is 1. The zero-order valence-corrected chi connectivity index (χ0v) is 17.1. The van der Waals surface area contributed by atoms with Gasteiger partial charge in [-0.2, -0.15) is 0 Å². The van der Waals surface area contributed by atoms with Crippen molar-refractivity contribution in [3.63, 3.8) is 0 Å². The molecule has 1 amide bonds. The van der Waals surface area contributed by atoms with Crippen LogP contribution in [-0.2, 0) is 4.79 Å². The van der Waals surface area contributed by atoms with Gasteiger partial charge in [0.2, 0.25) is 5.91 Å². The number of thioether (sulfide) groups is 1. The van der Waals surface area contributed by atoms with Crippen molar-refractivity contribution in [3.8, 4) is 0 Å². The third-order valence-corrected chi connectivity index (χ3v) is 5.35. The van der Waals surface area contributed by atoms with Crippen LogP contribution in [0.2, 0.25) is 10.0 Å². The summed E-state index contributed by atoms with van der Waals surface area (Å²) in [6.07, 6.45) is 3.23. The van der Waals surface area contributed by atoms with Gasteiger partial charge in [0.15, 0.2) is 10.9 Å². The van der Waals surface area contributed by atoms with Crippen LogP contribution in [0.15, 0.2) is 66.1 Å². The third kappa shape index (κ3) is 4.70. The molecule has 0 fully saturated rings. The lowest BCUT2D eigenvalue weighted by Gasteiger charge is -2.20. The predicted molar refractivity (Wildman–Crippen MR) is 113 cm³/mol. The monoisotopic (exact) mass is 431 g/mol. The van der Waals surface area contributed by atoms with Gasteiger partial charge in [-0.3, -0.25) is 9.59 Å². The number of carbonyl (C=O) groups excluding carboxylic acids is 2. The minimum atomic E-state index is -0.304. The van der Waals surface area contributed by atoms with Gasteiger partial charge < -0.3 is 4.90 Å². The minimum Gasteiger partial charge on any atom is -0.314 e. The maximum absolute atomic E-state index is 13.0. The maximum atomic E-state index is 13.0. The van der Waals surface area contributed by atoms with Crippen LogP contribution >= 0.6 is 35.0 Å². The van der Waals surface area contributed by atoms with Crippen LogP contribution in [0.3, 0.4) is 0 Å². The van der Waals surface area contributed by atoms with Crippen molar-refractivity contribution in [2.75, 3.05) is 17.7 Å². The average Bonchev–Trinajstić information content (AvgIpc) is 2.72. The number of ketones is 1. The average molecular weight is 432 g/mol. The minimum absolute atomic E-state index is 0.128. The standard InChI is InChI=1S/C20H15Cl2N3O2S/c1-25(18(26)12-28-20-23-9-4-10-24-20)17-8-7-13(21)11-15(17)19(27)14-5-2-3-6-16(14)22/h2-11H,12H2,1H3. The fourth-order valence-electron chi connectivity index (χ4n) is 2.49. The van der Waals surface area contributed by atoms with Gasteiger partial charge in [-0.15, -0.1) is 0 Å². The van der Waals surface area contributed by atoms with Crippen LogP contribution < -0.4 is 4.90 Å². The number of benzene rings is 2. The summed E-state index contributed by atoms with van der Waals surface area (Å²) in [5, 5.41) is 1.24. The van der Waals surface area contributed by atoms with E-state index in [1.54, 1.807) is 68.0 Å². The molecule has 0 radical (unpaired) electrons. The number of rotatable bonds is 6. The van der Waals surface area contributed by atoms with Crippen LogP contribution in [0.4, 0.5) is 5.69 Å². The van der Waals surface area contributed by atoms with Crippen LogP contribution in [0.5, 0.6) is 0 Å². The first-order valence-corrected chi connectivity index (χ1v) is 9.96. The Kier molecular flexibility index (Phi) is 6.67. The van der Waals surface area contributed by atoms with Crippen LogP contribution in [0, 0.1) is 0 Å². The number of anilines is 1. The summed E-state index contributed by atoms with van der Waals surface area (Å²) >= 11 is 13.5. The second-order valence-electron chi connectivity index (χ2n) is 5.74. The van der Waals surface area contributed by atoms with Crippen molar-refractivity contribution in [1.29, 1.82) is 0 Å². The van der Waals surface area contributed by atoms with E-state index in [1.807, 2.05) is 0 Å². The van der Waals surface area contributed by atoms with E-state index in [9.17, 15) is 9.59 Å². The van der Waals surface area contributed by atoms with Gasteiger partial charge in [0.1, 0.15) is 0 Å². The molecule has 3 aromatic rings. The highest BCUT2D eigenvalue weighted by Crippen LogP contribution is 2.29. The topological polar surface area (TPSA) is 63.2 Å². The van der Waals surface area contributed by atoms with Gasteiger partial charge in [0.25, 0.3) is 0 Å². The summed E-state index contributed by atoms with van der Waals surface area (Å²) in [6, 6.07) is 13.3. The smallest absolute Gasteiger partial charge is 0.237 e. The summed E-state index contributed by atoms with van der Waals surface area (Å²) in [5.41, 5.74) is 1.10. The maximum Gasteiger partial charge on any atom is 0.237 e. The molecule has 0 saturated heterocycles. The molecule has 0 unspecified atom stereocenters. The van der Waals surface area contributed by atoms with E-state index in [4.69, 9.17) is 23.2 Å². The molecule has 1 heterocycles. The molecular formula is C20H15Cl2N3O2S. The van der Waals surface area contributed by atoms with E-state index in [0.29, 0.717) is 32.0 Å². The van der Waals surface area contributed by atoms with Crippen LogP contribution in [-0.4, -0.2) is 34.5 Å². The van der Waals surface area contributed by atoms with Crippen molar-refractivity contribution in [3.05, 3.63) is 82.1 Å². The lowest BCUT2D eigenvalue weighted by atomic mass is 10.0. The number of hydrogen-bond donors (Lipinski definition) is 0. The van der Waals surface area contributed by atoms with Gasteiger partial charge in [-0.1, -0.05) is 47.1 Å². The predicted octanol–water partition coefficient (Wildman–Crippen LogP) is 4.77. The Bertz CT molecular complexity index is 1020. The second-order valence-corrected chi connectivity index (χ2v) is 7.53. The van der Waals surface area contributed by atoms with Crippen LogP contribution in [0.1, 0.15) is 15.9 Å². The number of hydrogen-bond acceptors (Lipinski definition) is 5. The molecule has 142 valence electrons. The van der Waals surface area contributed by atoms with Gasteiger partial charge in [0, 0.05) is 35.6 Å². The zero-order valence-electron chi connectivity index (χ0n) is 14.8. The van der Waals surface area contributed by atoms with E-state index in [1.165, 1.54) is 16.7 Å². The Morgan fingerprint density at radius 3 is 2.43 bits per heavy atom.